The van der Waals surface area contributed by atoms with Crippen molar-refractivity contribution in [2.24, 2.45) is 0 Å². The van der Waals surface area contributed by atoms with Crippen molar-refractivity contribution in [1.29, 1.82) is 0 Å². The molecule has 2 rings (SSSR count). The van der Waals surface area contributed by atoms with E-state index in [2.05, 4.69) is 15.9 Å². The quantitative estimate of drug-likeness (QED) is 0.740. The summed E-state index contributed by atoms with van der Waals surface area (Å²) in [6.45, 7) is 5.58. The van der Waals surface area contributed by atoms with Gasteiger partial charge in [0.25, 0.3) is 0 Å². The van der Waals surface area contributed by atoms with Gasteiger partial charge < -0.3 is 9.64 Å². The molecule has 0 spiro atoms. The number of rotatable bonds is 2. The first kappa shape index (κ1) is 15.6. The highest BCUT2D eigenvalue weighted by atomic mass is 79.9. The lowest BCUT2D eigenvalue weighted by Gasteiger charge is -2.44. The molecule has 1 aromatic carbocycles. The fourth-order valence-electron chi connectivity index (χ4n) is 2.45. The molecule has 1 aromatic rings. The Morgan fingerprint density at radius 1 is 1.35 bits per heavy atom. The van der Waals surface area contributed by atoms with Crippen molar-refractivity contribution in [1.82, 2.24) is 0 Å². The van der Waals surface area contributed by atoms with E-state index in [0.29, 0.717) is 25.4 Å². The topological polar surface area (TPSA) is 12.5 Å². The number of ether oxygens (including phenoxy) is 1. The SMILES string of the molecule is CC1(C)COCCN1c1ccc(CBr)c(C(F)(F)F)c1. The Kier molecular flexibility index (Phi) is 4.35. The van der Waals surface area contributed by atoms with Gasteiger partial charge in [-0.1, -0.05) is 22.0 Å². The second-order valence-corrected chi connectivity index (χ2v) is 6.05. The summed E-state index contributed by atoms with van der Waals surface area (Å²) in [4.78, 5) is 1.98. The number of anilines is 1. The summed E-state index contributed by atoms with van der Waals surface area (Å²) in [5, 5.41) is 0.189. The summed E-state index contributed by atoms with van der Waals surface area (Å²) in [6, 6.07) is 4.53. The predicted molar refractivity (Wildman–Crippen MR) is 76.3 cm³/mol. The number of hydrogen-bond acceptors (Lipinski definition) is 2. The van der Waals surface area contributed by atoms with Gasteiger partial charge in [0, 0.05) is 17.6 Å². The highest BCUT2D eigenvalue weighted by Gasteiger charge is 2.36. The van der Waals surface area contributed by atoms with Gasteiger partial charge in [-0.05, 0) is 31.5 Å². The Balaban J connectivity index is 2.43. The molecule has 0 N–H and O–H groups in total. The van der Waals surface area contributed by atoms with E-state index < -0.39 is 11.7 Å². The zero-order chi connectivity index (χ0) is 15.0. The molecule has 0 amide bonds. The average Bonchev–Trinajstić information content (AvgIpc) is 2.36. The second kappa shape index (κ2) is 5.56. The van der Waals surface area contributed by atoms with Gasteiger partial charge in [-0.15, -0.1) is 0 Å². The molecule has 0 unspecified atom stereocenters. The Bertz CT molecular complexity index is 488. The zero-order valence-corrected chi connectivity index (χ0v) is 13.0. The Morgan fingerprint density at radius 3 is 2.60 bits per heavy atom. The fraction of sp³-hybridized carbons (Fsp3) is 0.571. The third-order valence-electron chi connectivity index (χ3n) is 3.50. The third-order valence-corrected chi connectivity index (χ3v) is 4.10. The molecule has 0 radical (unpaired) electrons. The number of alkyl halides is 4. The average molecular weight is 352 g/mol. The highest BCUT2D eigenvalue weighted by Crippen LogP contribution is 2.37. The van der Waals surface area contributed by atoms with Gasteiger partial charge in [-0.3, -0.25) is 0 Å². The van der Waals surface area contributed by atoms with E-state index in [1.54, 1.807) is 12.1 Å². The summed E-state index contributed by atoms with van der Waals surface area (Å²) < 4.78 is 44.7. The molecular weight excluding hydrogens is 335 g/mol. The molecule has 6 heteroatoms. The highest BCUT2D eigenvalue weighted by molar-refractivity contribution is 9.08. The van der Waals surface area contributed by atoms with Crippen LogP contribution < -0.4 is 4.90 Å². The van der Waals surface area contributed by atoms with Gasteiger partial charge in [0.1, 0.15) is 0 Å². The monoisotopic (exact) mass is 351 g/mol. The van der Waals surface area contributed by atoms with Gasteiger partial charge >= 0.3 is 6.18 Å². The smallest absolute Gasteiger partial charge is 0.377 e. The number of hydrogen-bond donors (Lipinski definition) is 0. The molecule has 1 aliphatic rings. The normalized spacial score (nSPS) is 19.2. The molecule has 1 aliphatic heterocycles. The van der Waals surface area contributed by atoms with Crippen LogP contribution in [0.25, 0.3) is 0 Å². The molecule has 1 saturated heterocycles. The lowest BCUT2D eigenvalue weighted by atomic mass is 9.99. The van der Waals surface area contributed by atoms with Crippen LogP contribution in [-0.4, -0.2) is 25.3 Å². The van der Waals surface area contributed by atoms with E-state index in [0.717, 1.165) is 0 Å². The van der Waals surface area contributed by atoms with Crippen molar-refractivity contribution in [3.63, 3.8) is 0 Å². The number of halogens is 4. The van der Waals surface area contributed by atoms with Gasteiger partial charge in [-0.25, -0.2) is 0 Å². The van der Waals surface area contributed by atoms with E-state index in [9.17, 15) is 13.2 Å². The minimum Gasteiger partial charge on any atom is -0.377 e. The minimum atomic E-state index is -4.34. The second-order valence-electron chi connectivity index (χ2n) is 5.49. The first-order chi connectivity index (χ1) is 9.25. The molecule has 1 fully saturated rings. The number of morpholine rings is 1. The van der Waals surface area contributed by atoms with Crippen LogP contribution in [0.2, 0.25) is 0 Å². The summed E-state index contributed by atoms with van der Waals surface area (Å²) in [6.07, 6.45) is -4.34. The van der Waals surface area contributed by atoms with Crippen LogP contribution >= 0.6 is 15.9 Å². The summed E-state index contributed by atoms with van der Waals surface area (Å²) in [7, 11) is 0. The van der Waals surface area contributed by atoms with Crippen molar-refractivity contribution in [3.05, 3.63) is 29.3 Å². The maximum atomic E-state index is 13.1. The van der Waals surface area contributed by atoms with E-state index in [1.165, 1.54) is 6.07 Å². The first-order valence-electron chi connectivity index (χ1n) is 6.37. The lowest BCUT2D eigenvalue weighted by molar-refractivity contribution is -0.138. The van der Waals surface area contributed by atoms with Crippen molar-refractivity contribution < 1.29 is 17.9 Å². The van der Waals surface area contributed by atoms with Crippen LogP contribution in [0.4, 0.5) is 18.9 Å². The lowest BCUT2D eigenvalue weighted by Crippen LogP contribution is -2.53. The standard InChI is InChI=1S/C14H17BrF3NO/c1-13(2)9-20-6-5-19(13)11-4-3-10(8-15)12(7-11)14(16,17)18/h3-4,7H,5-6,8-9H2,1-2H3. The van der Waals surface area contributed by atoms with Gasteiger partial charge in [-0.2, -0.15) is 13.2 Å². The third kappa shape index (κ3) is 3.11. The maximum Gasteiger partial charge on any atom is 0.416 e. The molecular formula is C14H17BrF3NO. The van der Waals surface area contributed by atoms with E-state index >= 15 is 0 Å². The Labute approximate surface area is 125 Å². The number of benzene rings is 1. The molecule has 1 heterocycles. The van der Waals surface area contributed by atoms with Gasteiger partial charge in [0.05, 0.1) is 24.3 Å². The molecule has 0 aliphatic carbocycles. The largest absolute Gasteiger partial charge is 0.416 e. The molecule has 0 atom stereocenters. The summed E-state index contributed by atoms with van der Waals surface area (Å²) >= 11 is 3.11. The van der Waals surface area contributed by atoms with Crippen LogP contribution in [0, 0.1) is 0 Å². The molecule has 0 bridgehead atoms. The van der Waals surface area contributed by atoms with Crippen LogP contribution in [0.1, 0.15) is 25.0 Å². The number of nitrogens with zero attached hydrogens (tertiary/aromatic N) is 1. The van der Waals surface area contributed by atoms with Crippen molar-refractivity contribution in [3.8, 4) is 0 Å². The molecule has 0 saturated carbocycles. The van der Waals surface area contributed by atoms with E-state index in [-0.39, 0.29) is 16.4 Å². The van der Waals surface area contributed by atoms with Crippen LogP contribution in [-0.2, 0) is 16.2 Å². The van der Waals surface area contributed by atoms with Crippen LogP contribution in [0.5, 0.6) is 0 Å². The van der Waals surface area contributed by atoms with Gasteiger partial charge in [0.2, 0.25) is 0 Å². The van der Waals surface area contributed by atoms with E-state index in [4.69, 9.17) is 4.74 Å². The Morgan fingerprint density at radius 2 is 2.05 bits per heavy atom. The van der Waals surface area contributed by atoms with Crippen LogP contribution in [0.15, 0.2) is 18.2 Å². The molecule has 2 nitrogen and oxygen atoms in total. The van der Waals surface area contributed by atoms with E-state index in [1.807, 2.05) is 18.7 Å². The van der Waals surface area contributed by atoms with Crippen molar-refractivity contribution in [2.75, 3.05) is 24.7 Å². The Hall–Kier alpha value is -0.750. The van der Waals surface area contributed by atoms with Crippen molar-refractivity contribution >= 4 is 21.6 Å². The fourth-order valence-corrected chi connectivity index (χ4v) is 2.94. The molecule has 0 aromatic heterocycles. The summed E-state index contributed by atoms with van der Waals surface area (Å²) in [5.41, 5.74) is -0.0337. The molecule has 112 valence electrons. The zero-order valence-electron chi connectivity index (χ0n) is 11.4. The van der Waals surface area contributed by atoms with Crippen LogP contribution in [0.3, 0.4) is 0 Å². The molecule has 20 heavy (non-hydrogen) atoms. The van der Waals surface area contributed by atoms with Gasteiger partial charge in [0.15, 0.2) is 0 Å². The van der Waals surface area contributed by atoms with Crippen molar-refractivity contribution in [2.45, 2.75) is 30.9 Å². The minimum absolute atomic E-state index is 0.189. The maximum absolute atomic E-state index is 13.1. The predicted octanol–water partition coefficient (Wildman–Crippen LogP) is 4.22. The first-order valence-corrected chi connectivity index (χ1v) is 7.49. The summed E-state index contributed by atoms with van der Waals surface area (Å²) in [5.74, 6) is 0.